The van der Waals surface area contributed by atoms with Crippen LogP contribution in [0, 0.1) is 5.92 Å². The van der Waals surface area contributed by atoms with Crippen LogP contribution in [0.25, 0.3) is 0 Å². The molecule has 106 valence electrons. The zero-order valence-electron chi connectivity index (χ0n) is 11.9. The maximum absolute atomic E-state index is 11.8. The fraction of sp³-hybridized carbons (Fsp3) is 0.500. The van der Waals surface area contributed by atoms with Crippen LogP contribution in [-0.2, 0) is 0 Å². The normalized spacial score (nSPS) is 12.6. The molecule has 5 heteroatoms. The van der Waals surface area contributed by atoms with E-state index in [2.05, 4.69) is 29.4 Å². The van der Waals surface area contributed by atoms with Gasteiger partial charge in [-0.2, -0.15) is 0 Å². The highest BCUT2D eigenvalue weighted by Gasteiger charge is 2.16. The van der Waals surface area contributed by atoms with E-state index in [9.17, 15) is 4.79 Å². The highest BCUT2D eigenvalue weighted by Crippen LogP contribution is 2.14. The molecular weight excluding hydrogens is 262 g/mol. The van der Waals surface area contributed by atoms with Crippen molar-refractivity contribution < 1.29 is 4.79 Å². The summed E-state index contributed by atoms with van der Waals surface area (Å²) in [5.74, 6) is 0.474. The number of anilines is 1. The van der Waals surface area contributed by atoms with Crippen LogP contribution < -0.4 is 10.6 Å². The highest BCUT2D eigenvalue weighted by atomic mass is 35.5. The Hall–Kier alpha value is -1.26. The molecule has 0 spiro atoms. The number of carbonyl (C=O) groups excluding carboxylic acids is 1. The summed E-state index contributed by atoms with van der Waals surface area (Å²) in [6, 6.07) is 7.18. The number of likely N-dealkylation sites (N-methyl/N-ethyl adjacent to an activating group) is 1. The first-order chi connectivity index (χ1) is 8.90. The molecule has 1 rings (SSSR count). The first kappa shape index (κ1) is 15.8. The maximum Gasteiger partial charge on any atom is 0.319 e. The first-order valence-electron chi connectivity index (χ1n) is 6.37. The van der Waals surface area contributed by atoms with Crippen molar-refractivity contribution in [1.29, 1.82) is 0 Å². The molecule has 2 amide bonds. The standard InChI is InChI=1S/C14H22ClN3O/c1-10(2)13(18(3)4)9-16-14(19)17-12-7-5-6-11(15)8-12/h5-8,10,13H,9H2,1-4H3,(H2,16,17,19). The van der Waals surface area contributed by atoms with E-state index < -0.39 is 0 Å². The van der Waals surface area contributed by atoms with Gasteiger partial charge in [0.25, 0.3) is 0 Å². The molecule has 1 unspecified atom stereocenters. The van der Waals surface area contributed by atoms with Crippen LogP contribution >= 0.6 is 11.6 Å². The summed E-state index contributed by atoms with van der Waals surface area (Å²) in [6.45, 7) is 4.89. The van der Waals surface area contributed by atoms with E-state index in [1.54, 1.807) is 24.3 Å². The fourth-order valence-corrected chi connectivity index (χ4v) is 2.14. The third-order valence-electron chi connectivity index (χ3n) is 2.99. The molecule has 0 saturated heterocycles. The lowest BCUT2D eigenvalue weighted by atomic mass is 10.0. The quantitative estimate of drug-likeness (QED) is 0.872. The van der Waals surface area contributed by atoms with E-state index in [-0.39, 0.29) is 6.03 Å². The van der Waals surface area contributed by atoms with Gasteiger partial charge in [0, 0.05) is 23.3 Å². The molecule has 0 bridgehead atoms. The van der Waals surface area contributed by atoms with Crippen molar-refractivity contribution in [2.75, 3.05) is 26.0 Å². The van der Waals surface area contributed by atoms with Gasteiger partial charge < -0.3 is 15.5 Å². The van der Waals surface area contributed by atoms with Crippen molar-refractivity contribution in [3.05, 3.63) is 29.3 Å². The van der Waals surface area contributed by atoms with Crippen molar-refractivity contribution >= 4 is 23.3 Å². The molecule has 0 radical (unpaired) electrons. The Labute approximate surface area is 120 Å². The number of benzene rings is 1. The molecular formula is C14H22ClN3O. The van der Waals surface area contributed by atoms with Crippen LogP contribution in [0.4, 0.5) is 10.5 Å². The predicted octanol–water partition coefficient (Wildman–Crippen LogP) is 3.05. The second-order valence-corrected chi connectivity index (χ2v) is 5.56. The summed E-state index contributed by atoms with van der Waals surface area (Å²) in [4.78, 5) is 13.9. The van der Waals surface area contributed by atoms with Crippen LogP contribution in [0.5, 0.6) is 0 Å². The van der Waals surface area contributed by atoms with Gasteiger partial charge in [-0.25, -0.2) is 4.79 Å². The molecule has 1 aromatic carbocycles. The van der Waals surface area contributed by atoms with Gasteiger partial charge >= 0.3 is 6.03 Å². The Morgan fingerprint density at radius 1 is 1.37 bits per heavy atom. The summed E-state index contributed by atoms with van der Waals surface area (Å²) >= 11 is 5.86. The molecule has 0 aliphatic heterocycles. The Bertz CT molecular complexity index is 413. The van der Waals surface area contributed by atoms with Gasteiger partial charge in [0.2, 0.25) is 0 Å². The van der Waals surface area contributed by atoms with Crippen molar-refractivity contribution in [3.63, 3.8) is 0 Å². The number of hydrogen-bond acceptors (Lipinski definition) is 2. The van der Waals surface area contributed by atoms with E-state index in [0.29, 0.717) is 29.2 Å². The van der Waals surface area contributed by atoms with Gasteiger partial charge in [-0.15, -0.1) is 0 Å². The molecule has 1 aromatic rings. The van der Waals surface area contributed by atoms with E-state index >= 15 is 0 Å². The molecule has 0 saturated carbocycles. The molecule has 19 heavy (non-hydrogen) atoms. The monoisotopic (exact) mass is 283 g/mol. The van der Waals surface area contributed by atoms with Gasteiger partial charge in [-0.3, -0.25) is 0 Å². The maximum atomic E-state index is 11.8. The smallest absolute Gasteiger partial charge is 0.319 e. The van der Waals surface area contributed by atoms with Crippen LogP contribution in [0.15, 0.2) is 24.3 Å². The van der Waals surface area contributed by atoms with Gasteiger partial charge in [-0.05, 0) is 38.2 Å². The number of halogens is 1. The lowest BCUT2D eigenvalue weighted by Gasteiger charge is -2.28. The molecule has 1 atom stereocenters. The minimum atomic E-state index is -0.213. The third kappa shape index (κ3) is 5.49. The second kappa shape index (κ2) is 7.36. The Morgan fingerprint density at radius 2 is 2.05 bits per heavy atom. The number of nitrogens with one attached hydrogen (secondary N) is 2. The zero-order chi connectivity index (χ0) is 14.4. The molecule has 0 aliphatic rings. The van der Waals surface area contributed by atoms with Gasteiger partial charge in [0.05, 0.1) is 0 Å². The number of hydrogen-bond donors (Lipinski definition) is 2. The Morgan fingerprint density at radius 3 is 2.58 bits per heavy atom. The molecule has 4 nitrogen and oxygen atoms in total. The van der Waals surface area contributed by atoms with Crippen LogP contribution in [0.2, 0.25) is 5.02 Å². The summed E-state index contributed by atoms with van der Waals surface area (Å²) in [7, 11) is 4.03. The van der Waals surface area contributed by atoms with Crippen LogP contribution in [-0.4, -0.2) is 37.6 Å². The lowest BCUT2D eigenvalue weighted by Crippen LogP contribution is -2.44. The predicted molar refractivity (Wildman–Crippen MR) is 80.8 cm³/mol. The van der Waals surface area contributed by atoms with E-state index in [4.69, 9.17) is 11.6 Å². The second-order valence-electron chi connectivity index (χ2n) is 5.12. The number of carbonyl (C=O) groups is 1. The number of urea groups is 1. The minimum absolute atomic E-state index is 0.213. The van der Waals surface area contributed by atoms with Crippen molar-refractivity contribution in [2.45, 2.75) is 19.9 Å². The average molecular weight is 284 g/mol. The van der Waals surface area contributed by atoms with E-state index in [0.717, 1.165) is 0 Å². The fourth-order valence-electron chi connectivity index (χ4n) is 1.95. The number of nitrogens with zero attached hydrogens (tertiary/aromatic N) is 1. The van der Waals surface area contributed by atoms with E-state index in [1.165, 1.54) is 0 Å². The molecule has 0 fully saturated rings. The summed E-state index contributed by atoms with van der Waals surface area (Å²) in [6.07, 6.45) is 0. The van der Waals surface area contributed by atoms with Crippen molar-refractivity contribution in [2.24, 2.45) is 5.92 Å². The first-order valence-corrected chi connectivity index (χ1v) is 6.74. The summed E-state index contributed by atoms with van der Waals surface area (Å²) in [5.41, 5.74) is 0.691. The van der Waals surface area contributed by atoms with Crippen molar-refractivity contribution in [3.8, 4) is 0 Å². The largest absolute Gasteiger partial charge is 0.336 e. The molecule has 0 heterocycles. The zero-order valence-corrected chi connectivity index (χ0v) is 12.7. The summed E-state index contributed by atoms with van der Waals surface area (Å²) in [5, 5.41) is 6.24. The van der Waals surface area contributed by atoms with Crippen LogP contribution in [0.3, 0.4) is 0 Å². The van der Waals surface area contributed by atoms with E-state index in [1.807, 2.05) is 14.1 Å². The molecule has 0 aromatic heterocycles. The van der Waals surface area contributed by atoms with Crippen LogP contribution in [0.1, 0.15) is 13.8 Å². The number of amides is 2. The van der Waals surface area contributed by atoms with Crippen molar-refractivity contribution in [1.82, 2.24) is 10.2 Å². The Kier molecular flexibility index (Phi) is 6.12. The topological polar surface area (TPSA) is 44.4 Å². The molecule has 0 aliphatic carbocycles. The highest BCUT2D eigenvalue weighted by molar-refractivity contribution is 6.30. The minimum Gasteiger partial charge on any atom is -0.336 e. The molecule has 2 N–H and O–H groups in total. The van der Waals surface area contributed by atoms with Gasteiger partial charge in [0.1, 0.15) is 0 Å². The average Bonchev–Trinajstić information content (AvgIpc) is 2.27. The third-order valence-corrected chi connectivity index (χ3v) is 3.22. The Balaban J connectivity index is 2.47. The van der Waals surface area contributed by atoms with Gasteiger partial charge in [-0.1, -0.05) is 31.5 Å². The number of rotatable bonds is 5. The summed E-state index contributed by atoms with van der Waals surface area (Å²) < 4.78 is 0. The van der Waals surface area contributed by atoms with Gasteiger partial charge in [0.15, 0.2) is 0 Å². The SMILES string of the molecule is CC(C)C(CNC(=O)Nc1cccc(Cl)c1)N(C)C. The lowest BCUT2D eigenvalue weighted by molar-refractivity contribution is 0.218.